The summed E-state index contributed by atoms with van der Waals surface area (Å²) < 4.78 is 40.1. The molecule has 0 spiro atoms. The molecule has 2 aromatic rings. The van der Waals surface area contributed by atoms with E-state index in [1.54, 1.807) is 12.1 Å². The van der Waals surface area contributed by atoms with Crippen molar-refractivity contribution < 1.29 is 17.6 Å². The van der Waals surface area contributed by atoms with Crippen LogP contribution in [0.3, 0.4) is 0 Å². The van der Waals surface area contributed by atoms with Gasteiger partial charge in [-0.25, -0.2) is 17.5 Å². The molecule has 3 rings (SSSR count). The Balaban J connectivity index is 1.85. The third-order valence-corrected chi connectivity index (χ3v) is 5.64. The zero-order chi connectivity index (χ0) is 18.9. The van der Waals surface area contributed by atoms with E-state index in [9.17, 15) is 22.9 Å². The third kappa shape index (κ3) is 3.03. The van der Waals surface area contributed by atoms with Crippen molar-refractivity contribution in [2.45, 2.75) is 23.2 Å². The van der Waals surface area contributed by atoms with E-state index in [0.29, 0.717) is 0 Å². The van der Waals surface area contributed by atoms with Crippen molar-refractivity contribution in [3.8, 4) is 12.1 Å². The fourth-order valence-corrected chi connectivity index (χ4v) is 3.74. The summed E-state index contributed by atoms with van der Waals surface area (Å²) in [6.45, 7) is 0. The van der Waals surface area contributed by atoms with Crippen LogP contribution in [0.4, 0.5) is 4.39 Å². The number of sulfonamides is 1. The molecule has 1 fully saturated rings. The van der Waals surface area contributed by atoms with Gasteiger partial charge in [-0.15, -0.1) is 0 Å². The minimum atomic E-state index is -4.42. The molecule has 26 heavy (non-hydrogen) atoms. The van der Waals surface area contributed by atoms with Gasteiger partial charge in [-0.05, 0) is 42.7 Å². The molecule has 130 valence electrons. The average Bonchev–Trinajstić information content (AvgIpc) is 3.42. The summed E-state index contributed by atoms with van der Waals surface area (Å²) in [5.41, 5.74) is -0.324. The SMILES string of the molecule is N#Cc1c(F)cccc1S(=O)(=O)NC(=O)c1ccc(C2(C#N)CC2)cc1. The molecule has 0 atom stereocenters. The van der Waals surface area contributed by atoms with Crippen molar-refractivity contribution in [2.24, 2.45) is 0 Å². The molecule has 1 amide bonds. The van der Waals surface area contributed by atoms with E-state index in [1.807, 2.05) is 4.72 Å². The third-order valence-electron chi connectivity index (χ3n) is 4.27. The molecule has 0 radical (unpaired) electrons. The standard InChI is InChI=1S/C18H12FN3O3S/c19-15-2-1-3-16(14(15)10-20)26(24,25)22-17(23)12-4-6-13(7-5-12)18(11-21)8-9-18/h1-7H,8-9H2,(H,22,23). The predicted octanol–water partition coefficient (Wildman–Crippen LogP) is 2.37. The van der Waals surface area contributed by atoms with Gasteiger partial charge in [-0.1, -0.05) is 18.2 Å². The highest BCUT2D eigenvalue weighted by Gasteiger charge is 2.44. The maximum Gasteiger partial charge on any atom is 0.265 e. The van der Waals surface area contributed by atoms with E-state index in [1.165, 1.54) is 18.2 Å². The van der Waals surface area contributed by atoms with Crippen LogP contribution in [-0.2, 0) is 15.4 Å². The van der Waals surface area contributed by atoms with Gasteiger partial charge in [0.25, 0.3) is 15.9 Å². The molecule has 8 heteroatoms. The zero-order valence-electron chi connectivity index (χ0n) is 13.4. The first kappa shape index (κ1) is 17.6. The number of carbonyl (C=O) groups excluding carboxylic acids is 1. The van der Waals surface area contributed by atoms with E-state index < -0.39 is 37.6 Å². The van der Waals surface area contributed by atoms with Crippen LogP contribution in [0.25, 0.3) is 0 Å². The minimum Gasteiger partial charge on any atom is -0.268 e. The van der Waals surface area contributed by atoms with Crippen molar-refractivity contribution in [3.63, 3.8) is 0 Å². The normalized spacial score (nSPS) is 14.7. The van der Waals surface area contributed by atoms with E-state index >= 15 is 0 Å². The molecular weight excluding hydrogens is 357 g/mol. The van der Waals surface area contributed by atoms with E-state index in [-0.39, 0.29) is 5.56 Å². The number of carbonyl (C=O) groups is 1. The summed E-state index contributed by atoms with van der Waals surface area (Å²) in [4.78, 5) is 11.6. The molecule has 1 N–H and O–H groups in total. The Hall–Kier alpha value is -3.23. The second kappa shape index (κ2) is 6.25. The lowest BCUT2D eigenvalue weighted by atomic mass is 9.97. The molecule has 0 saturated heterocycles. The van der Waals surface area contributed by atoms with Crippen molar-refractivity contribution >= 4 is 15.9 Å². The first-order valence-electron chi connectivity index (χ1n) is 7.60. The van der Waals surface area contributed by atoms with Gasteiger partial charge < -0.3 is 0 Å². The summed E-state index contributed by atoms with van der Waals surface area (Å²) in [6, 6.07) is 12.9. The fourth-order valence-electron chi connectivity index (χ4n) is 2.60. The molecule has 0 heterocycles. The molecule has 0 bridgehead atoms. The van der Waals surface area contributed by atoms with Crippen LogP contribution in [-0.4, -0.2) is 14.3 Å². The zero-order valence-corrected chi connectivity index (χ0v) is 14.2. The first-order valence-corrected chi connectivity index (χ1v) is 9.09. The van der Waals surface area contributed by atoms with Gasteiger partial charge in [0.05, 0.1) is 11.5 Å². The number of amides is 1. The van der Waals surface area contributed by atoms with E-state index in [2.05, 4.69) is 6.07 Å². The van der Waals surface area contributed by atoms with Crippen LogP contribution >= 0.6 is 0 Å². The lowest BCUT2D eigenvalue weighted by molar-refractivity contribution is 0.0981. The monoisotopic (exact) mass is 369 g/mol. The maximum absolute atomic E-state index is 13.6. The highest BCUT2D eigenvalue weighted by Crippen LogP contribution is 2.47. The van der Waals surface area contributed by atoms with E-state index in [0.717, 1.165) is 36.6 Å². The number of hydrogen-bond acceptors (Lipinski definition) is 5. The smallest absolute Gasteiger partial charge is 0.265 e. The predicted molar refractivity (Wildman–Crippen MR) is 88.7 cm³/mol. The lowest BCUT2D eigenvalue weighted by Gasteiger charge is -2.10. The number of nitrogens with zero attached hydrogens (tertiary/aromatic N) is 2. The Bertz CT molecular complexity index is 1080. The quantitative estimate of drug-likeness (QED) is 0.889. The Labute approximate surface area is 149 Å². The van der Waals surface area contributed by atoms with Gasteiger partial charge in [0.2, 0.25) is 0 Å². The largest absolute Gasteiger partial charge is 0.268 e. The summed E-state index contributed by atoms with van der Waals surface area (Å²) in [7, 11) is -4.42. The molecule has 2 aromatic carbocycles. The number of nitrogens with one attached hydrogen (secondary N) is 1. The Morgan fingerprint density at radius 2 is 1.77 bits per heavy atom. The Morgan fingerprint density at radius 1 is 1.12 bits per heavy atom. The summed E-state index contributed by atoms with van der Waals surface area (Å²) in [5.74, 6) is -1.90. The van der Waals surface area contributed by atoms with Crippen molar-refractivity contribution in [1.29, 1.82) is 10.5 Å². The van der Waals surface area contributed by atoms with Gasteiger partial charge in [-0.2, -0.15) is 10.5 Å². The van der Waals surface area contributed by atoms with Gasteiger partial charge in [-0.3, -0.25) is 4.79 Å². The number of nitriles is 2. The highest BCUT2D eigenvalue weighted by molar-refractivity contribution is 7.90. The summed E-state index contributed by atoms with van der Waals surface area (Å²) in [5, 5.41) is 18.1. The van der Waals surface area contributed by atoms with Crippen LogP contribution in [0.5, 0.6) is 0 Å². The molecule has 6 nitrogen and oxygen atoms in total. The second-order valence-corrected chi connectivity index (χ2v) is 7.58. The van der Waals surface area contributed by atoms with Gasteiger partial charge in [0.1, 0.15) is 22.3 Å². The molecule has 1 aliphatic carbocycles. The Morgan fingerprint density at radius 3 is 2.31 bits per heavy atom. The van der Waals surface area contributed by atoms with Crippen LogP contribution < -0.4 is 4.72 Å². The number of hydrogen-bond donors (Lipinski definition) is 1. The molecule has 0 unspecified atom stereocenters. The molecule has 0 aromatic heterocycles. The summed E-state index contributed by atoms with van der Waals surface area (Å²) in [6.07, 6.45) is 1.50. The number of benzene rings is 2. The van der Waals surface area contributed by atoms with Crippen LogP contribution in [0, 0.1) is 28.5 Å². The van der Waals surface area contributed by atoms with Crippen LogP contribution in [0.2, 0.25) is 0 Å². The maximum atomic E-state index is 13.6. The molecular formula is C18H12FN3O3S. The van der Waals surface area contributed by atoms with Crippen molar-refractivity contribution in [3.05, 3.63) is 65.0 Å². The average molecular weight is 369 g/mol. The van der Waals surface area contributed by atoms with Crippen LogP contribution in [0.1, 0.15) is 34.3 Å². The van der Waals surface area contributed by atoms with Gasteiger partial charge in [0, 0.05) is 5.56 Å². The fraction of sp³-hybridized carbons (Fsp3) is 0.167. The molecule has 1 saturated carbocycles. The van der Waals surface area contributed by atoms with Crippen LogP contribution in [0.15, 0.2) is 47.4 Å². The minimum absolute atomic E-state index is 0.0703. The van der Waals surface area contributed by atoms with Crippen molar-refractivity contribution in [2.75, 3.05) is 0 Å². The lowest BCUT2D eigenvalue weighted by Crippen LogP contribution is -2.31. The Kier molecular flexibility index (Phi) is 4.23. The molecule has 0 aliphatic heterocycles. The van der Waals surface area contributed by atoms with E-state index in [4.69, 9.17) is 5.26 Å². The summed E-state index contributed by atoms with van der Waals surface area (Å²) >= 11 is 0. The second-order valence-electron chi connectivity index (χ2n) is 5.93. The van der Waals surface area contributed by atoms with Crippen molar-refractivity contribution in [1.82, 2.24) is 4.72 Å². The van der Waals surface area contributed by atoms with Gasteiger partial charge in [0.15, 0.2) is 0 Å². The highest BCUT2D eigenvalue weighted by atomic mass is 32.2. The molecule has 1 aliphatic rings. The number of halogens is 1. The topological polar surface area (TPSA) is 111 Å². The number of rotatable bonds is 4. The first-order chi connectivity index (χ1) is 12.3. The van der Waals surface area contributed by atoms with Gasteiger partial charge >= 0.3 is 0 Å².